The van der Waals surface area contributed by atoms with E-state index in [-0.39, 0.29) is 0 Å². The Balaban J connectivity index is 1.07. The molecule has 0 fully saturated rings. The van der Waals surface area contributed by atoms with Crippen LogP contribution in [-0.2, 0) is 11.2 Å². The van der Waals surface area contributed by atoms with Gasteiger partial charge in [0.2, 0.25) is 0 Å². The molecule has 0 spiro atoms. The number of hydrogen-bond acceptors (Lipinski definition) is 6. The quantitative estimate of drug-likeness (QED) is 0.0225. The summed E-state index contributed by atoms with van der Waals surface area (Å²) in [6.45, 7) is 25.0. The molecule has 0 unspecified atom stereocenters. The SMILES string of the molecule is CCCCCCCCCCCCOc1ccc(C#Cc2cc3cc4c(cc3cc2C#Cc2ccc(OCCCCCCCCCCCC)cc2)C(O)(C#C[Si](C)(C)C)c2cc3cc(C#Cc5ccc(OCCCCCCCCCCCC)cc5)c(C#Cc5ccc(OCCCCCCCCCCCC)cc5)cc3cc2C4(O)C#C[Si](C)(C)C)cc1. The zero-order valence-electron chi connectivity index (χ0n) is 75.5. The van der Waals surface area contributed by atoms with Crippen molar-refractivity contribution in [3.8, 4) is 93.3 Å². The zero-order valence-corrected chi connectivity index (χ0v) is 77.5. The predicted molar refractivity (Wildman–Crippen MR) is 515 cm³/mol. The lowest BCUT2D eigenvalue weighted by Gasteiger charge is -2.41. The largest absolute Gasteiger partial charge is 0.494 e. The average molecular weight is 1640 g/mol. The summed E-state index contributed by atoms with van der Waals surface area (Å²) in [5.41, 5.74) is 11.6. The highest BCUT2D eigenvalue weighted by Crippen LogP contribution is 2.51. The van der Waals surface area contributed by atoms with Crippen molar-refractivity contribution in [2.45, 2.75) is 335 Å². The van der Waals surface area contributed by atoms with Crippen molar-refractivity contribution in [3.63, 3.8) is 0 Å². The Labute approximate surface area is 729 Å². The van der Waals surface area contributed by atoms with Crippen LogP contribution in [0.4, 0.5) is 0 Å². The molecule has 1 aliphatic rings. The van der Waals surface area contributed by atoms with Gasteiger partial charge in [-0.2, -0.15) is 0 Å². The summed E-state index contributed by atoms with van der Waals surface area (Å²) in [5, 5.41) is 31.6. The first-order chi connectivity index (χ1) is 58.4. The van der Waals surface area contributed by atoms with E-state index in [0.717, 1.165) is 115 Å². The number of unbranched alkanes of at least 4 members (excludes halogenated alkanes) is 36. The van der Waals surface area contributed by atoms with Gasteiger partial charge >= 0.3 is 0 Å². The van der Waals surface area contributed by atoms with Crippen molar-refractivity contribution >= 4 is 37.7 Å². The normalized spacial score (nSPS) is 14.0. The number of aliphatic hydroxyl groups is 2. The van der Waals surface area contributed by atoms with Crippen LogP contribution in [0.5, 0.6) is 23.0 Å². The Hall–Kier alpha value is -8.81. The van der Waals surface area contributed by atoms with Gasteiger partial charge in [-0.25, -0.2) is 0 Å². The van der Waals surface area contributed by atoms with Gasteiger partial charge in [0.1, 0.15) is 39.1 Å². The van der Waals surface area contributed by atoms with Crippen LogP contribution in [0.2, 0.25) is 39.3 Å². The highest BCUT2D eigenvalue weighted by molar-refractivity contribution is 6.84. The van der Waals surface area contributed by atoms with Crippen LogP contribution in [0, 0.1) is 70.3 Å². The third kappa shape index (κ3) is 32.9. The van der Waals surface area contributed by atoms with Crippen molar-refractivity contribution in [3.05, 3.63) is 212 Å². The highest BCUT2D eigenvalue weighted by atomic mass is 28.3. The first-order valence-electron chi connectivity index (χ1n) is 47.2. The molecular weight excluding hydrogens is 1500 g/mol. The lowest BCUT2D eigenvalue weighted by Crippen LogP contribution is -2.42. The number of hydrogen-bond donors (Lipinski definition) is 2. The van der Waals surface area contributed by atoms with Gasteiger partial charge in [0.05, 0.1) is 26.4 Å². The Morgan fingerprint density at radius 2 is 0.408 bits per heavy atom. The molecular formula is C112H144O6Si2. The van der Waals surface area contributed by atoms with Gasteiger partial charge < -0.3 is 29.2 Å². The molecule has 0 saturated carbocycles. The fourth-order valence-electron chi connectivity index (χ4n) is 15.6. The number of rotatable bonds is 48. The topological polar surface area (TPSA) is 77.4 Å². The minimum atomic E-state index is -2.20. The maximum atomic E-state index is 14.2. The Bertz CT molecular complexity index is 4250. The second kappa shape index (κ2) is 51.8. The molecule has 1 aliphatic carbocycles. The Morgan fingerprint density at radius 3 is 0.583 bits per heavy atom. The molecule has 120 heavy (non-hydrogen) atoms. The lowest BCUT2D eigenvalue weighted by atomic mass is 9.67. The molecule has 8 aromatic rings. The second-order valence-electron chi connectivity index (χ2n) is 35.9. The summed E-state index contributed by atoms with van der Waals surface area (Å²) in [7, 11) is -4.39. The van der Waals surface area contributed by atoms with Crippen molar-refractivity contribution in [2.24, 2.45) is 0 Å². The molecule has 2 N–H and O–H groups in total. The van der Waals surface area contributed by atoms with E-state index >= 15 is 0 Å². The predicted octanol–water partition coefficient (Wildman–Crippen LogP) is 29.3. The van der Waals surface area contributed by atoms with E-state index in [4.69, 9.17) is 18.9 Å². The first kappa shape index (κ1) is 95.0. The second-order valence-corrected chi connectivity index (χ2v) is 45.4. The third-order valence-electron chi connectivity index (χ3n) is 22.9. The maximum absolute atomic E-state index is 14.2. The van der Waals surface area contributed by atoms with E-state index in [1.807, 2.05) is 121 Å². The maximum Gasteiger partial charge on any atom is 0.177 e. The first-order valence-corrected chi connectivity index (χ1v) is 54.2. The smallest absolute Gasteiger partial charge is 0.177 e. The summed E-state index contributed by atoms with van der Waals surface area (Å²) in [6, 6.07) is 48.7. The fraction of sp³-hybridized carbons (Fsp3) is 0.500. The Morgan fingerprint density at radius 1 is 0.233 bits per heavy atom. The third-order valence-corrected chi connectivity index (χ3v) is 24.6. The molecule has 8 aromatic carbocycles. The summed E-state index contributed by atoms with van der Waals surface area (Å²) in [4.78, 5) is 0. The molecule has 0 aromatic heterocycles. The van der Waals surface area contributed by atoms with Gasteiger partial charge in [-0.05, 0) is 193 Å². The number of benzene rings is 8. The molecule has 9 rings (SSSR count). The van der Waals surface area contributed by atoms with Gasteiger partial charge in [0.15, 0.2) is 11.2 Å². The fourth-order valence-corrected chi connectivity index (χ4v) is 16.8. The van der Waals surface area contributed by atoms with E-state index in [1.54, 1.807) is 0 Å². The highest BCUT2D eigenvalue weighted by Gasteiger charge is 2.49. The monoisotopic (exact) mass is 1640 g/mol. The van der Waals surface area contributed by atoms with Crippen LogP contribution < -0.4 is 18.9 Å². The molecule has 0 bridgehead atoms. The van der Waals surface area contributed by atoms with Gasteiger partial charge in [-0.3, -0.25) is 0 Å². The van der Waals surface area contributed by atoms with Crippen molar-refractivity contribution in [1.82, 2.24) is 0 Å². The summed E-state index contributed by atoms with van der Waals surface area (Å²) in [6.07, 6.45) is 51.2. The van der Waals surface area contributed by atoms with E-state index in [0.29, 0.717) is 48.7 Å². The van der Waals surface area contributed by atoms with Crippen LogP contribution in [0.25, 0.3) is 21.5 Å². The molecule has 0 saturated heterocycles. The molecule has 0 amide bonds. The van der Waals surface area contributed by atoms with Crippen LogP contribution in [0.1, 0.15) is 351 Å². The zero-order chi connectivity index (χ0) is 84.9. The number of ether oxygens (including phenoxy) is 4. The van der Waals surface area contributed by atoms with E-state index in [2.05, 4.69) is 162 Å². The molecule has 8 heteroatoms. The van der Waals surface area contributed by atoms with E-state index in [9.17, 15) is 10.2 Å². The Kier molecular flexibility index (Phi) is 41.1. The van der Waals surface area contributed by atoms with Gasteiger partial charge in [0.25, 0.3) is 0 Å². The summed E-state index contributed by atoms with van der Waals surface area (Å²) >= 11 is 0. The minimum absolute atomic E-state index is 0.468. The summed E-state index contributed by atoms with van der Waals surface area (Å²) in [5.74, 6) is 38.6. The average Bonchev–Trinajstić information content (AvgIpc) is 0.694. The molecule has 0 radical (unpaired) electrons. The lowest BCUT2D eigenvalue weighted by molar-refractivity contribution is 0.0950. The van der Waals surface area contributed by atoms with Crippen molar-refractivity contribution < 1.29 is 29.2 Å². The molecule has 0 aliphatic heterocycles. The van der Waals surface area contributed by atoms with Crippen LogP contribution in [0.3, 0.4) is 0 Å². The van der Waals surface area contributed by atoms with Crippen LogP contribution >= 0.6 is 0 Å². The van der Waals surface area contributed by atoms with E-state index < -0.39 is 27.3 Å². The van der Waals surface area contributed by atoms with Crippen LogP contribution in [0.15, 0.2) is 146 Å². The van der Waals surface area contributed by atoms with Gasteiger partial charge in [-0.15, -0.1) is 11.1 Å². The van der Waals surface area contributed by atoms with E-state index in [1.165, 1.54) is 231 Å². The van der Waals surface area contributed by atoms with Crippen molar-refractivity contribution in [2.75, 3.05) is 26.4 Å². The number of fused-ring (bicyclic) bond motifs is 4. The van der Waals surface area contributed by atoms with Gasteiger partial charge in [0, 0.05) is 66.8 Å². The van der Waals surface area contributed by atoms with Crippen LogP contribution in [-0.4, -0.2) is 52.8 Å². The molecule has 636 valence electrons. The summed E-state index contributed by atoms with van der Waals surface area (Å²) < 4.78 is 25.0. The minimum Gasteiger partial charge on any atom is -0.494 e. The molecule has 0 heterocycles. The van der Waals surface area contributed by atoms with Gasteiger partial charge in [-0.1, -0.05) is 357 Å². The molecule has 0 atom stereocenters. The van der Waals surface area contributed by atoms with Crippen molar-refractivity contribution in [1.29, 1.82) is 0 Å². The molecule has 6 nitrogen and oxygen atoms in total. The standard InChI is InChI=1S/C112H144O6Si2/c1-11-15-19-23-27-31-35-39-43-47-77-115-103-67-55-91(56-68-103)51-63-95-83-99-87-107-108(88-100(99)84-96(95)64-52-92-57-69-104(70-58-92)116-78-48-44-40-36-32-28-24-20-16-12-2)112(114,76-82-120(8,9)10)110-90-102-86-98(66-54-94-61-73-106(74-62-94)118-80-50-46-42-38-34-30-26-22-18-14-4)97(85-101(102)89-109(110)111(107,113)75-81-119(5,6)7)65-53-93-59-71-105(72-60-93)117-79-49-45-41-37-33-29-25-21-17-13-3/h55-62,67-74,83-90,113-114H,11-50,77-80H2,1-10H3.